The highest BCUT2D eigenvalue weighted by Gasteiger charge is 2.18. The third kappa shape index (κ3) is 3.47. The Morgan fingerprint density at radius 2 is 2.11 bits per heavy atom. The molecule has 0 radical (unpaired) electrons. The molecule has 1 rings (SSSR count). The number of likely N-dealkylation sites (N-methyl/N-ethyl adjacent to an activating group) is 1. The van der Waals surface area contributed by atoms with Crippen molar-refractivity contribution < 1.29 is 9.53 Å². The molecule has 1 N–H and O–H groups in total. The molecular formula is C14H22N2O2. The molecule has 0 saturated carbocycles. The molecule has 1 aromatic carbocycles. The summed E-state index contributed by atoms with van der Waals surface area (Å²) in [7, 11) is 5.35. The first-order valence-electron chi connectivity index (χ1n) is 6.08. The van der Waals surface area contributed by atoms with E-state index in [0.717, 1.165) is 23.4 Å². The minimum atomic E-state index is -0.475. The zero-order valence-electron chi connectivity index (χ0n) is 11.8. The lowest BCUT2D eigenvalue weighted by Crippen LogP contribution is -2.35. The van der Waals surface area contributed by atoms with Gasteiger partial charge in [-0.2, -0.15) is 0 Å². The third-order valence-corrected chi connectivity index (χ3v) is 2.74. The summed E-state index contributed by atoms with van der Waals surface area (Å²) in [5.41, 5.74) is 2.11. The highest BCUT2D eigenvalue weighted by Crippen LogP contribution is 2.24. The number of nitrogens with one attached hydrogen (secondary N) is 1. The number of hydrogen-bond acceptors (Lipinski definition) is 3. The van der Waals surface area contributed by atoms with Gasteiger partial charge in [0, 0.05) is 26.2 Å². The van der Waals surface area contributed by atoms with Crippen LogP contribution < -0.4 is 10.1 Å². The molecule has 0 aliphatic carbocycles. The van der Waals surface area contributed by atoms with Gasteiger partial charge in [0.2, 0.25) is 0 Å². The van der Waals surface area contributed by atoms with Gasteiger partial charge in [0.15, 0.2) is 6.10 Å². The monoisotopic (exact) mass is 250 g/mol. The van der Waals surface area contributed by atoms with Crippen LogP contribution in [0.25, 0.3) is 0 Å². The van der Waals surface area contributed by atoms with Gasteiger partial charge in [-0.1, -0.05) is 18.2 Å². The van der Waals surface area contributed by atoms with Crippen molar-refractivity contribution in [3.8, 4) is 5.75 Å². The number of hydrogen-bond donors (Lipinski definition) is 1. The molecule has 100 valence electrons. The first-order chi connectivity index (χ1) is 8.47. The van der Waals surface area contributed by atoms with E-state index >= 15 is 0 Å². The fourth-order valence-electron chi connectivity index (χ4n) is 1.80. The van der Waals surface area contributed by atoms with E-state index in [1.165, 1.54) is 0 Å². The molecule has 1 unspecified atom stereocenters. The van der Waals surface area contributed by atoms with Gasteiger partial charge in [-0.3, -0.25) is 4.79 Å². The molecule has 0 aliphatic heterocycles. The molecule has 4 nitrogen and oxygen atoms in total. The van der Waals surface area contributed by atoms with E-state index in [1.807, 2.05) is 32.2 Å². The second-order valence-corrected chi connectivity index (χ2v) is 4.59. The minimum Gasteiger partial charge on any atom is -0.480 e. The van der Waals surface area contributed by atoms with Crippen LogP contribution in [0.15, 0.2) is 18.2 Å². The van der Waals surface area contributed by atoms with Crippen molar-refractivity contribution in [1.82, 2.24) is 10.2 Å². The van der Waals surface area contributed by atoms with Crippen LogP contribution in [-0.2, 0) is 11.3 Å². The number of carbonyl (C=O) groups excluding carboxylic acids is 1. The molecule has 0 heterocycles. The van der Waals surface area contributed by atoms with E-state index in [4.69, 9.17) is 4.74 Å². The Morgan fingerprint density at radius 3 is 2.67 bits per heavy atom. The molecule has 1 aromatic rings. The average Bonchev–Trinajstić information content (AvgIpc) is 2.32. The number of amides is 1. The average molecular weight is 250 g/mol. The Morgan fingerprint density at radius 1 is 1.44 bits per heavy atom. The van der Waals surface area contributed by atoms with E-state index in [-0.39, 0.29) is 5.91 Å². The fraction of sp³-hybridized carbons (Fsp3) is 0.500. The third-order valence-electron chi connectivity index (χ3n) is 2.74. The Labute approximate surface area is 109 Å². The van der Waals surface area contributed by atoms with Crippen LogP contribution in [0.2, 0.25) is 0 Å². The van der Waals surface area contributed by atoms with Gasteiger partial charge in [0.05, 0.1) is 0 Å². The predicted octanol–water partition coefficient (Wildman–Crippen LogP) is 1.57. The van der Waals surface area contributed by atoms with Crippen molar-refractivity contribution in [3.63, 3.8) is 0 Å². The van der Waals surface area contributed by atoms with Gasteiger partial charge in [-0.15, -0.1) is 0 Å². The second-order valence-electron chi connectivity index (χ2n) is 4.59. The van der Waals surface area contributed by atoms with E-state index in [0.29, 0.717) is 0 Å². The van der Waals surface area contributed by atoms with E-state index < -0.39 is 6.10 Å². The number of nitrogens with zero attached hydrogens (tertiary/aromatic N) is 1. The molecule has 0 aliphatic rings. The van der Waals surface area contributed by atoms with Crippen molar-refractivity contribution in [1.29, 1.82) is 0 Å². The summed E-state index contributed by atoms with van der Waals surface area (Å²) < 4.78 is 5.82. The number of aryl methyl sites for hydroxylation is 1. The summed E-state index contributed by atoms with van der Waals surface area (Å²) in [6, 6.07) is 5.99. The van der Waals surface area contributed by atoms with Crippen molar-refractivity contribution >= 4 is 5.91 Å². The van der Waals surface area contributed by atoms with Crippen LogP contribution in [0.4, 0.5) is 0 Å². The first kappa shape index (κ1) is 14.5. The van der Waals surface area contributed by atoms with Gasteiger partial charge in [-0.05, 0) is 26.5 Å². The van der Waals surface area contributed by atoms with Crippen LogP contribution in [0, 0.1) is 6.92 Å². The molecule has 0 saturated heterocycles. The molecule has 1 amide bonds. The lowest BCUT2D eigenvalue weighted by molar-refractivity contribution is -0.135. The Kier molecular flexibility index (Phi) is 5.16. The largest absolute Gasteiger partial charge is 0.480 e. The maximum atomic E-state index is 11.8. The lowest BCUT2D eigenvalue weighted by atomic mass is 10.1. The van der Waals surface area contributed by atoms with Crippen LogP contribution in [-0.4, -0.2) is 38.1 Å². The summed E-state index contributed by atoms with van der Waals surface area (Å²) >= 11 is 0. The maximum Gasteiger partial charge on any atom is 0.262 e. The predicted molar refractivity (Wildman–Crippen MR) is 72.7 cm³/mol. The summed E-state index contributed by atoms with van der Waals surface area (Å²) in [5.74, 6) is 0.767. The molecule has 0 spiro atoms. The first-order valence-corrected chi connectivity index (χ1v) is 6.08. The molecular weight excluding hydrogens is 228 g/mol. The number of para-hydroxylation sites is 1. The Bertz CT molecular complexity index is 416. The SMILES string of the molecule is CNCc1cccc(C)c1OC(C)C(=O)N(C)C. The molecule has 0 bridgehead atoms. The summed E-state index contributed by atoms with van der Waals surface area (Å²) in [5, 5.41) is 3.10. The van der Waals surface area contributed by atoms with Crippen LogP contribution in [0.1, 0.15) is 18.1 Å². The second kappa shape index (κ2) is 6.40. The lowest BCUT2D eigenvalue weighted by Gasteiger charge is -2.21. The highest BCUT2D eigenvalue weighted by atomic mass is 16.5. The van der Waals surface area contributed by atoms with Gasteiger partial charge >= 0.3 is 0 Å². The molecule has 0 fully saturated rings. The summed E-state index contributed by atoms with van der Waals surface area (Å²) in [6.07, 6.45) is -0.475. The quantitative estimate of drug-likeness (QED) is 0.862. The molecule has 1 atom stereocenters. The molecule has 18 heavy (non-hydrogen) atoms. The van der Waals surface area contributed by atoms with Crippen molar-refractivity contribution in [2.45, 2.75) is 26.5 Å². The van der Waals surface area contributed by atoms with Gasteiger partial charge in [-0.25, -0.2) is 0 Å². The topological polar surface area (TPSA) is 41.6 Å². The van der Waals surface area contributed by atoms with Gasteiger partial charge in [0.25, 0.3) is 5.91 Å². The van der Waals surface area contributed by atoms with Gasteiger partial charge < -0.3 is 15.0 Å². The number of benzene rings is 1. The zero-order valence-corrected chi connectivity index (χ0v) is 11.8. The van der Waals surface area contributed by atoms with Crippen LogP contribution >= 0.6 is 0 Å². The van der Waals surface area contributed by atoms with E-state index in [1.54, 1.807) is 25.9 Å². The van der Waals surface area contributed by atoms with Gasteiger partial charge in [0.1, 0.15) is 5.75 Å². The highest BCUT2D eigenvalue weighted by molar-refractivity contribution is 5.80. The summed E-state index contributed by atoms with van der Waals surface area (Å²) in [4.78, 5) is 13.4. The van der Waals surface area contributed by atoms with E-state index in [9.17, 15) is 4.79 Å². The minimum absolute atomic E-state index is 0.0336. The number of rotatable bonds is 5. The Balaban J connectivity index is 2.92. The van der Waals surface area contributed by atoms with E-state index in [2.05, 4.69) is 5.32 Å². The fourth-order valence-corrected chi connectivity index (χ4v) is 1.80. The van der Waals surface area contributed by atoms with Crippen molar-refractivity contribution in [3.05, 3.63) is 29.3 Å². The standard InChI is InChI=1S/C14H22N2O2/c1-10-7-6-8-12(9-15-3)13(10)18-11(2)14(17)16(4)5/h6-8,11,15H,9H2,1-5H3. The summed E-state index contributed by atoms with van der Waals surface area (Å²) in [6.45, 7) is 4.49. The van der Waals surface area contributed by atoms with Crippen LogP contribution in [0.3, 0.4) is 0 Å². The van der Waals surface area contributed by atoms with Crippen LogP contribution in [0.5, 0.6) is 5.75 Å². The van der Waals surface area contributed by atoms with Crippen molar-refractivity contribution in [2.75, 3.05) is 21.1 Å². The normalized spacial score (nSPS) is 12.1. The maximum absolute atomic E-state index is 11.8. The number of carbonyl (C=O) groups is 1. The van der Waals surface area contributed by atoms with Crippen molar-refractivity contribution in [2.24, 2.45) is 0 Å². The Hall–Kier alpha value is -1.55. The molecule has 0 aromatic heterocycles. The zero-order chi connectivity index (χ0) is 13.7. The smallest absolute Gasteiger partial charge is 0.262 e. The number of ether oxygens (including phenoxy) is 1. The molecule has 4 heteroatoms.